The van der Waals surface area contributed by atoms with Crippen LogP contribution in [0.25, 0.3) is 11.1 Å². The van der Waals surface area contributed by atoms with Gasteiger partial charge in [-0.05, 0) is 79.8 Å². The van der Waals surface area contributed by atoms with Crippen molar-refractivity contribution in [1.29, 1.82) is 0 Å². The van der Waals surface area contributed by atoms with Crippen LogP contribution in [-0.4, -0.2) is 15.7 Å². The number of amides is 1. The van der Waals surface area contributed by atoms with E-state index in [2.05, 4.69) is 54.1 Å². The van der Waals surface area contributed by atoms with Gasteiger partial charge in [-0.1, -0.05) is 12.1 Å². The quantitative estimate of drug-likeness (QED) is 0.664. The minimum atomic E-state index is -0.155. The van der Waals surface area contributed by atoms with Gasteiger partial charge in [0.05, 0.1) is 5.54 Å². The van der Waals surface area contributed by atoms with Crippen molar-refractivity contribution < 1.29 is 4.79 Å². The van der Waals surface area contributed by atoms with E-state index in [1.807, 2.05) is 28.9 Å². The molecule has 0 radical (unpaired) electrons. The normalized spacial score (nSPS) is 14.4. The van der Waals surface area contributed by atoms with Crippen LogP contribution in [0.2, 0.25) is 0 Å². The number of anilines is 1. The summed E-state index contributed by atoms with van der Waals surface area (Å²) in [5.74, 6) is 0.391. The van der Waals surface area contributed by atoms with E-state index in [9.17, 15) is 4.79 Å². The zero-order chi connectivity index (χ0) is 18.3. The Kier molecular flexibility index (Phi) is 4.19. The van der Waals surface area contributed by atoms with Crippen LogP contribution in [0, 0.1) is 0 Å². The fourth-order valence-corrected chi connectivity index (χ4v) is 3.78. The van der Waals surface area contributed by atoms with E-state index in [1.165, 1.54) is 24.1 Å². The molecule has 134 valence electrons. The highest BCUT2D eigenvalue weighted by Gasteiger charge is 2.32. The van der Waals surface area contributed by atoms with Crippen molar-refractivity contribution >= 4 is 22.9 Å². The third kappa shape index (κ3) is 3.44. The van der Waals surface area contributed by atoms with Gasteiger partial charge in [0, 0.05) is 17.3 Å². The van der Waals surface area contributed by atoms with Gasteiger partial charge in [-0.2, -0.15) is 16.4 Å². The summed E-state index contributed by atoms with van der Waals surface area (Å²) in [5, 5.41) is 11.8. The second-order valence-corrected chi connectivity index (χ2v) is 8.64. The lowest BCUT2D eigenvalue weighted by Gasteiger charge is -2.22. The Bertz CT molecular complexity index is 931. The number of thiophene rings is 1. The van der Waals surface area contributed by atoms with Gasteiger partial charge in [-0.3, -0.25) is 9.48 Å². The molecule has 0 bridgehead atoms. The molecule has 0 aliphatic heterocycles. The summed E-state index contributed by atoms with van der Waals surface area (Å²) < 4.78 is 2.02. The van der Waals surface area contributed by atoms with Gasteiger partial charge in [0.1, 0.15) is 0 Å². The van der Waals surface area contributed by atoms with Crippen molar-refractivity contribution in [2.75, 3.05) is 5.32 Å². The summed E-state index contributed by atoms with van der Waals surface area (Å²) in [5.41, 5.74) is 4.59. The number of carbonyl (C=O) groups is 1. The molecule has 26 heavy (non-hydrogen) atoms. The lowest BCUT2D eigenvalue weighted by atomic mass is 10.1. The monoisotopic (exact) mass is 365 g/mol. The standard InChI is InChI=1S/C21H23N3OS/c1-21(2,3)24-19(14-7-8-14)12-18(23-24)20(25)22-17-6-4-5-15(11-17)16-9-10-26-13-16/h4-6,9-14H,7-8H2,1-3H3,(H,22,25). The van der Waals surface area contributed by atoms with Crippen molar-refractivity contribution in [3.05, 3.63) is 58.5 Å². The summed E-state index contributed by atoms with van der Waals surface area (Å²) in [6.45, 7) is 6.37. The van der Waals surface area contributed by atoms with Crippen molar-refractivity contribution in [3.8, 4) is 11.1 Å². The summed E-state index contributed by atoms with van der Waals surface area (Å²) >= 11 is 1.67. The van der Waals surface area contributed by atoms with E-state index in [0.29, 0.717) is 11.6 Å². The number of hydrogen-bond acceptors (Lipinski definition) is 3. The largest absolute Gasteiger partial charge is 0.321 e. The molecule has 4 rings (SSSR count). The second kappa shape index (κ2) is 6.40. The molecule has 1 aliphatic rings. The topological polar surface area (TPSA) is 46.9 Å². The van der Waals surface area contributed by atoms with E-state index in [4.69, 9.17) is 0 Å². The predicted octanol–water partition coefficient (Wildman–Crippen LogP) is 5.50. The number of rotatable bonds is 4. The van der Waals surface area contributed by atoms with Crippen molar-refractivity contribution in [2.24, 2.45) is 0 Å². The fourth-order valence-electron chi connectivity index (χ4n) is 3.11. The maximum atomic E-state index is 12.8. The predicted molar refractivity (Wildman–Crippen MR) is 107 cm³/mol. The van der Waals surface area contributed by atoms with E-state index >= 15 is 0 Å². The Morgan fingerprint density at radius 3 is 2.65 bits per heavy atom. The van der Waals surface area contributed by atoms with Gasteiger partial charge in [0.15, 0.2) is 5.69 Å². The highest BCUT2D eigenvalue weighted by atomic mass is 32.1. The number of nitrogens with zero attached hydrogens (tertiary/aromatic N) is 2. The van der Waals surface area contributed by atoms with Crippen LogP contribution in [0.5, 0.6) is 0 Å². The van der Waals surface area contributed by atoms with Crippen LogP contribution in [0.1, 0.15) is 55.7 Å². The minimum Gasteiger partial charge on any atom is -0.321 e. The van der Waals surface area contributed by atoms with Gasteiger partial charge in [-0.15, -0.1) is 0 Å². The zero-order valence-corrected chi connectivity index (χ0v) is 16.1. The van der Waals surface area contributed by atoms with E-state index in [1.54, 1.807) is 11.3 Å². The number of benzene rings is 1. The lowest BCUT2D eigenvalue weighted by molar-refractivity contribution is 0.102. The third-order valence-electron chi connectivity index (χ3n) is 4.58. The zero-order valence-electron chi connectivity index (χ0n) is 15.3. The first-order valence-corrected chi connectivity index (χ1v) is 9.90. The number of hydrogen-bond donors (Lipinski definition) is 1. The smallest absolute Gasteiger partial charge is 0.276 e. The van der Waals surface area contributed by atoms with Crippen molar-refractivity contribution in [1.82, 2.24) is 9.78 Å². The lowest BCUT2D eigenvalue weighted by Crippen LogP contribution is -2.25. The second-order valence-electron chi connectivity index (χ2n) is 7.86. The summed E-state index contributed by atoms with van der Waals surface area (Å²) in [6, 6.07) is 12.0. The molecule has 0 atom stereocenters. The summed E-state index contributed by atoms with van der Waals surface area (Å²) in [6.07, 6.45) is 2.37. The number of carbonyl (C=O) groups excluding carboxylic acids is 1. The SMILES string of the molecule is CC(C)(C)n1nc(C(=O)Nc2cccc(-c3ccsc3)c2)cc1C1CC1. The van der Waals surface area contributed by atoms with Crippen LogP contribution in [-0.2, 0) is 5.54 Å². The van der Waals surface area contributed by atoms with Crippen LogP contribution < -0.4 is 5.32 Å². The van der Waals surface area contributed by atoms with Gasteiger partial charge >= 0.3 is 0 Å². The minimum absolute atomic E-state index is 0.130. The first kappa shape index (κ1) is 17.0. The first-order chi connectivity index (χ1) is 12.4. The Labute approximate surface area is 157 Å². The molecule has 4 nitrogen and oxygen atoms in total. The Morgan fingerprint density at radius 1 is 1.19 bits per heavy atom. The molecular formula is C21H23N3OS. The Hall–Kier alpha value is -2.40. The number of aromatic nitrogens is 2. The molecule has 3 aromatic rings. The van der Waals surface area contributed by atoms with Gasteiger partial charge < -0.3 is 5.32 Å². The maximum Gasteiger partial charge on any atom is 0.276 e. The summed E-state index contributed by atoms with van der Waals surface area (Å²) in [4.78, 5) is 12.8. The molecule has 0 spiro atoms. The third-order valence-corrected chi connectivity index (χ3v) is 5.26. The number of nitrogens with one attached hydrogen (secondary N) is 1. The van der Waals surface area contributed by atoms with Gasteiger partial charge in [-0.25, -0.2) is 0 Å². The van der Waals surface area contributed by atoms with Crippen molar-refractivity contribution in [3.63, 3.8) is 0 Å². The van der Waals surface area contributed by atoms with Crippen LogP contribution in [0.15, 0.2) is 47.2 Å². The molecular weight excluding hydrogens is 342 g/mol. The molecule has 1 saturated carbocycles. The molecule has 2 aromatic heterocycles. The highest BCUT2D eigenvalue weighted by Crippen LogP contribution is 2.41. The molecule has 0 unspecified atom stereocenters. The first-order valence-electron chi connectivity index (χ1n) is 8.96. The van der Waals surface area contributed by atoms with Crippen molar-refractivity contribution in [2.45, 2.75) is 45.1 Å². The van der Waals surface area contributed by atoms with Crippen LogP contribution >= 0.6 is 11.3 Å². The van der Waals surface area contributed by atoms with Crippen LogP contribution in [0.3, 0.4) is 0 Å². The molecule has 1 fully saturated rings. The molecule has 0 saturated heterocycles. The average molecular weight is 366 g/mol. The Morgan fingerprint density at radius 2 is 2.00 bits per heavy atom. The maximum absolute atomic E-state index is 12.8. The van der Waals surface area contributed by atoms with E-state index in [0.717, 1.165) is 11.3 Å². The molecule has 1 amide bonds. The van der Waals surface area contributed by atoms with E-state index < -0.39 is 0 Å². The summed E-state index contributed by atoms with van der Waals surface area (Å²) in [7, 11) is 0. The molecule has 1 N–H and O–H groups in total. The Balaban J connectivity index is 1.58. The molecule has 5 heteroatoms. The average Bonchev–Trinajstić information content (AvgIpc) is 3.12. The molecule has 1 aliphatic carbocycles. The van der Waals surface area contributed by atoms with Gasteiger partial charge in [0.25, 0.3) is 5.91 Å². The molecule has 1 aromatic carbocycles. The van der Waals surface area contributed by atoms with E-state index in [-0.39, 0.29) is 11.4 Å². The molecule has 2 heterocycles. The highest BCUT2D eigenvalue weighted by molar-refractivity contribution is 7.08. The van der Waals surface area contributed by atoms with Crippen LogP contribution in [0.4, 0.5) is 5.69 Å². The fraction of sp³-hybridized carbons (Fsp3) is 0.333. The van der Waals surface area contributed by atoms with Gasteiger partial charge in [0.2, 0.25) is 0 Å².